The molecule has 1 amide bonds. The molecule has 2 unspecified atom stereocenters. The van der Waals surface area contributed by atoms with Gasteiger partial charge in [-0.2, -0.15) is 0 Å². The summed E-state index contributed by atoms with van der Waals surface area (Å²) in [7, 11) is 1.76. The Balaban J connectivity index is 2.08. The molecule has 1 aromatic rings. The number of hydrogen-bond donors (Lipinski definition) is 2. The van der Waals surface area contributed by atoms with Crippen molar-refractivity contribution in [2.24, 2.45) is 5.92 Å². The summed E-state index contributed by atoms with van der Waals surface area (Å²) in [6.45, 7) is 7.45. The van der Waals surface area contributed by atoms with Gasteiger partial charge in [-0.25, -0.2) is 9.97 Å². The number of anilines is 1. The summed E-state index contributed by atoms with van der Waals surface area (Å²) in [5.41, 5.74) is 1.05. The first-order chi connectivity index (χ1) is 10.0. The minimum atomic E-state index is -0.164. The molecule has 6 heteroatoms. The molecule has 6 nitrogen and oxygen atoms in total. The molecule has 0 saturated carbocycles. The van der Waals surface area contributed by atoms with Gasteiger partial charge in [0.1, 0.15) is 5.82 Å². The molecule has 1 saturated heterocycles. The van der Waals surface area contributed by atoms with Crippen LogP contribution in [0.3, 0.4) is 0 Å². The van der Waals surface area contributed by atoms with Crippen molar-refractivity contribution in [2.45, 2.75) is 39.2 Å². The lowest BCUT2D eigenvalue weighted by Crippen LogP contribution is -2.33. The van der Waals surface area contributed by atoms with Crippen LogP contribution in [0.2, 0.25) is 0 Å². The summed E-state index contributed by atoms with van der Waals surface area (Å²) in [6, 6.07) is 0. The van der Waals surface area contributed by atoms with E-state index in [4.69, 9.17) is 4.74 Å². The van der Waals surface area contributed by atoms with Crippen molar-refractivity contribution in [3.8, 4) is 0 Å². The van der Waals surface area contributed by atoms with Gasteiger partial charge in [0.05, 0.1) is 18.0 Å². The zero-order chi connectivity index (χ0) is 15.4. The molecule has 0 aromatic carbocycles. The summed E-state index contributed by atoms with van der Waals surface area (Å²) < 4.78 is 5.51. The first-order valence-electron chi connectivity index (χ1n) is 7.47. The van der Waals surface area contributed by atoms with Crippen LogP contribution in [0.25, 0.3) is 0 Å². The van der Waals surface area contributed by atoms with Crippen molar-refractivity contribution >= 4 is 11.6 Å². The maximum atomic E-state index is 12.4. The van der Waals surface area contributed by atoms with Crippen LogP contribution in [-0.4, -0.2) is 42.2 Å². The first-order valence-corrected chi connectivity index (χ1v) is 7.47. The Morgan fingerprint density at radius 1 is 1.52 bits per heavy atom. The number of ether oxygens (including phenoxy) is 1. The second-order valence-electron chi connectivity index (χ2n) is 5.73. The molecule has 21 heavy (non-hydrogen) atoms. The van der Waals surface area contributed by atoms with Gasteiger partial charge in [-0.1, -0.05) is 13.8 Å². The quantitative estimate of drug-likeness (QED) is 0.865. The molecule has 1 aromatic heterocycles. The van der Waals surface area contributed by atoms with Crippen molar-refractivity contribution in [1.82, 2.24) is 15.3 Å². The fourth-order valence-electron chi connectivity index (χ4n) is 2.38. The zero-order valence-corrected chi connectivity index (χ0v) is 13.1. The number of rotatable bonds is 5. The third kappa shape index (κ3) is 3.69. The monoisotopic (exact) mass is 292 g/mol. The number of nitrogens with one attached hydrogen (secondary N) is 2. The molecular formula is C15H24N4O2. The molecule has 2 rings (SSSR count). The maximum Gasteiger partial charge on any atom is 0.272 e. The Morgan fingerprint density at radius 2 is 2.29 bits per heavy atom. The van der Waals surface area contributed by atoms with E-state index in [1.807, 2.05) is 20.8 Å². The smallest absolute Gasteiger partial charge is 0.272 e. The Bertz CT molecular complexity index is 504. The second-order valence-corrected chi connectivity index (χ2v) is 5.73. The predicted octanol–water partition coefficient (Wildman–Crippen LogP) is 1.80. The van der Waals surface area contributed by atoms with E-state index in [0.717, 1.165) is 13.0 Å². The van der Waals surface area contributed by atoms with Crippen LogP contribution >= 0.6 is 0 Å². The van der Waals surface area contributed by atoms with Gasteiger partial charge in [-0.05, 0) is 13.3 Å². The highest BCUT2D eigenvalue weighted by atomic mass is 16.5. The SMILES string of the molecule is CNc1cnc(C(C)C)nc1C(=O)NCC1CCOC1C. The van der Waals surface area contributed by atoms with E-state index in [-0.39, 0.29) is 17.9 Å². The van der Waals surface area contributed by atoms with Crippen molar-refractivity contribution in [2.75, 3.05) is 25.5 Å². The average Bonchev–Trinajstić information content (AvgIpc) is 2.89. The molecule has 1 aliphatic heterocycles. The van der Waals surface area contributed by atoms with Crippen LogP contribution in [0.4, 0.5) is 5.69 Å². The van der Waals surface area contributed by atoms with Gasteiger partial charge in [0.2, 0.25) is 0 Å². The normalized spacial score (nSPS) is 21.6. The molecule has 0 radical (unpaired) electrons. The van der Waals surface area contributed by atoms with Gasteiger partial charge in [0, 0.05) is 32.0 Å². The molecule has 1 fully saturated rings. The van der Waals surface area contributed by atoms with Crippen LogP contribution < -0.4 is 10.6 Å². The lowest BCUT2D eigenvalue weighted by atomic mass is 10.0. The van der Waals surface area contributed by atoms with E-state index in [2.05, 4.69) is 20.6 Å². The molecule has 2 atom stereocenters. The van der Waals surface area contributed by atoms with Gasteiger partial charge >= 0.3 is 0 Å². The Kier molecular flexibility index (Phi) is 5.12. The molecule has 2 heterocycles. The Hall–Kier alpha value is -1.69. The standard InChI is InChI=1S/C15H24N4O2/c1-9(2)14-17-8-12(16-4)13(19-14)15(20)18-7-11-5-6-21-10(11)3/h8-11,16H,5-7H2,1-4H3,(H,18,20). The summed E-state index contributed by atoms with van der Waals surface area (Å²) in [5.74, 6) is 1.07. The largest absolute Gasteiger partial charge is 0.385 e. The van der Waals surface area contributed by atoms with E-state index < -0.39 is 0 Å². The number of carbonyl (C=O) groups is 1. The molecule has 0 spiro atoms. The highest BCUT2D eigenvalue weighted by Crippen LogP contribution is 2.20. The van der Waals surface area contributed by atoms with Crippen LogP contribution in [0.5, 0.6) is 0 Å². The van der Waals surface area contributed by atoms with Crippen molar-refractivity contribution in [3.63, 3.8) is 0 Å². The molecular weight excluding hydrogens is 268 g/mol. The topological polar surface area (TPSA) is 76.1 Å². The van der Waals surface area contributed by atoms with E-state index in [0.29, 0.717) is 29.7 Å². The maximum absolute atomic E-state index is 12.4. The summed E-state index contributed by atoms with van der Waals surface area (Å²) in [5, 5.41) is 5.93. The Labute approximate surface area is 125 Å². The number of carbonyl (C=O) groups excluding carboxylic acids is 1. The van der Waals surface area contributed by atoms with Gasteiger partial charge < -0.3 is 15.4 Å². The number of amides is 1. The van der Waals surface area contributed by atoms with Crippen molar-refractivity contribution in [3.05, 3.63) is 17.7 Å². The van der Waals surface area contributed by atoms with Crippen LogP contribution in [0, 0.1) is 5.92 Å². The van der Waals surface area contributed by atoms with Gasteiger partial charge in [-0.3, -0.25) is 4.79 Å². The van der Waals surface area contributed by atoms with Gasteiger partial charge in [-0.15, -0.1) is 0 Å². The fourth-order valence-corrected chi connectivity index (χ4v) is 2.38. The molecule has 1 aliphatic rings. The van der Waals surface area contributed by atoms with Crippen molar-refractivity contribution in [1.29, 1.82) is 0 Å². The first kappa shape index (κ1) is 15.7. The van der Waals surface area contributed by atoms with E-state index in [9.17, 15) is 4.79 Å². The molecule has 0 aliphatic carbocycles. The minimum absolute atomic E-state index is 0.164. The average molecular weight is 292 g/mol. The van der Waals surface area contributed by atoms with Gasteiger partial charge in [0.15, 0.2) is 5.69 Å². The third-order valence-electron chi connectivity index (χ3n) is 3.87. The fraction of sp³-hybridized carbons (Fsp3) is 0.667. The highest BCUT2D eigenvalue weighted by molar-refractivity contribution is 5.97. The number of hydrogen-bond acceptors (Lipinski definition) is 5. The van der Waals surface area contributed by atoms with E-state index >= 15 is 0 Å². The highest BCUT2D eigenvalue weighted by Gasteiger charge is 2.25. The summed E-state index contributed by atoms with van der Waals surface area (Å²) in [4.78, 5) is 21.0. The summed E-state index contributed by atoms with van der Waals surface area (Å²) >= 11 is 0. The molecule has 0 bridgehead atoms. The van der Waals surface area contributed by atoms with E-state index in [1.165, 1.54) is 0 Å². The lowest BCUT2D eigenvalue weighted by Gasteiger charge is -2.16. The van der Waals surface area contributed by atoms with Gasteiger partial charge in [0.25, 0.3) is 5.91 Å². The number of nitrogens with zero attached hydrogens (tertiary/aromatic N) is 2. The van der Waals surface area contributed by atoms with Crippen LogP contribution in [0.15, 0.2) is 6.20 Å². The molecule has 2 N–H and O–H groups in total. The Morgan fingerprint density at radius 3 is 2.86 bits per heavy atom. The minimum Gasteiger partial charge on any atom is -0.385 e. The van der Waals surface area contributed by atoms with Crippen LogP contribution in [0.1, 0.15) is 49.4 Å². The third-order valence-corrected chi connectivity index (χ3v) is 3.87. The van der Waals surface area contributed by atoms with E-state index in [1.54, 1.807) is 13.2 Å². The zero-order valence-electron chi connectivity index (χ0n) is 13.1. The number of aromatic nitrogens is 2. The lowest BCUT2D eigenvalue weighted by molar-refractivity contribution is 0.0903. The van der Waals surface area contributed by atoms with Crippen LogP contribution in [-0.2, 0) is 4.74 Å². The van der Waals surface area contributed by atoms with Crippen molar-refractivity contribution < 1.29 is 9.53 Å². The molecule has 116 valence electrons. The second kappa shape index (κ2) is 6.85. The predicted molar refractivity (Wildman–Crippen MR) is 81.5 cm³/mol. The summed E-state index contributed by atoms with van der Waals surface area (Å²) in [6.07, 6.45) is 2.85.